The van der Waals surface area contributed by atoms with Crippen LogP contribution in [0, 0.1) is 5.92 Å². The molecular weight excluding hydrogens is 513 g/mol. The summed E-state index contributed by atoms with van der Waals surface area (Å²) in [4.78, 5) is 39.8. The predicted molar refractivity (Wildman–Crippen MR) is 122 cm³/mol. The fraction of sp³-hybridized carbons (Fsp3) is 0.320. The third-order valence-electron chi connectivity index (χ3n) is 7.48. The number of benzene rings is 1. The number of ether oxygens (including phenoxy) is 3. The number of piperidine rings is 1. The number of nitrogens with zero attached hydrogens (tertiary/aromatic N) is 2. The fourth-order valence-electron chi connectivity index (χ4n) is 5.89. The molecule has 0 unspecified atom stereocenters. The van der Waals surface area contributed by atoms with Gasteiger partial charge in [0.05, 0.1) is 26.9 Å². The molecule has 1 aromatic carbocycles. The van der Waals surface area contributed by atoms with Crippen LogP contribution < -0.4 is 14.2 Å². The van der Waals surface area contributed by atoms with Crippen molar-refractivity contribution in [2.75, 3.05) is 27.9 Å². The Kier molecular flexibility index (Phi) is 4.76. The normalized spacial score (nSPS) is 21.5. The SMILES string of the molecule is COc1cc2cc(C(=O)N3C[C@H]4C[C@@]45C3=CC(=O)c3c5c(C(=O)O)cn3C(F)(F)F)oc2c(OC)c1OC. The Labute approximate surface area is 211 Å². The van der Waals surface area contributed by atoms with E-state index in [4.69, 9.17) is 18.6 Å². The average molecular weight is 532 g/mol. The number of rotatable bonds is 5. The number of furan rings is 1. The van der Waals surface area contributed by atoms with E-state index >= 15 is 0 Å². The number of hydrogen-bond donors (Lipinski definition) is 1. The van der Waals surface area contributed by atoms with E-state index in [9.17, 15) is 32.7 Å². The molecule has 1 aliphatic heterocycles. The van der Waals surface area contributed by atoms with Crippen molar-refractivity contribution < 1.29 is 51.3 Å². The monoisotopic (exact) mass is 532 g/mol. The molecular formula is C25H19F3N2O8. The van der Waals surface area contributed by atoms with Gasteiger partial charge in [0.1, 0.15) is 5.69 Å². The summed E-state index contributed by atoms with van der Waals surface area (Å²) in [7, 11) is 4.24. The summed E-state index contributed by atoms with van der Waals surface area (Å²) in [5, 5.41) is 10.2. The lowest BCUT2D eigenvalue weighted by molar-refractivity contribution is -0.204. The van der Waals surface area contributed by atoms with Crippen molar-refractivity contribution in [1.29, 1.82) is 0 Å². The molecule has 198 valence electrons. The van der Waals surface area contributed by atoms with Gasteiger partial charge in [0.25, 0.3) is 5.91 Å². The molecule has 3 heterocycles. The minimum atomic E-state index is -5.00. The van der Waals surface area contributed by atoms with Gasteiger partial charge in [-0.2, -0.15) is 0 Å². The highest BCUT2D eigenvalue weighted by atomic mass is 19.4. The number of carboxylic acids is 1. The van der Waals surface area contributed by atoms with Gasteiger partial charge in [-0.3, -0.25) is 14.2 Å². The number of aromatic carboxylic acids is 1. The molecule has 2 aromatic heterocycles. The molecule has 1 N–H and O–H groups in total. The zero-order valence-corrected chi connectivity index (χ0v) is 20.1. The molecule has 10 nitrogen and oxygen atoms in total. The zero-order valence-electron chi connectivity index (χ0n) is 20.1. The summed E-state index contributed by atoms with van der Waals surface area (Å²) in [6, 6.07) is 3.05. The van der Waals surface area contributed by atoms with Gasteiger partial charge in [-0.05, 0) is 24.5 Å². The molecule has 2 atom stereocenters. The molecule has 2 aliphatic carbocycles. The van der Waals surface area contributed by atoms with Gasteiger partial charge < -0.3 is 28.6 Å². The molecule has 2 fully saturated rings. The minimum Gasteiger partial charge on any atom is -0.493 e. The smallest absolute Gasteiger partial charge is 0.489 e. The van der Waals surface area contributed by atoms with E-state index in [1.54, 1.807) is 6.07 Å². The van der Waals surface area contributed by atoms with Gasteiger partial charge in [-0.1, -0.05) is 0 Å². The maximum atomic E-state index is 13.7. The summed E-state index contributed by atoms with van der Waals surface area (Å²) in [5.41, 5.74) is -2.36. The Morgan fingerprint density at radius 2 is 1.84 bits per heavy atom. The third-order valence-corrected chi connectivity index (χ3v) is 7.48. The van der Waals surface area contributed by atoms with E-state index in [1.165, 1.54) is 32.3 Å². The van der Waals surface area contributed by atoms with Crippen LogP contribution in [-0.2, 0) is 11.7 Å². The van der Waals surface area contributed by atoms with Crippen LogP contribution >= 0.6 is 0 Å². The second-order valence-electron chi connectivity index (χ2n) is 9.27. The van der Waals surface area contributed by atoms with Crippen molar-refractivity contribution in [2.45, 2.75) is 18.1 Å². The highest BCUT2D eigenvalue weighted by molar-refractivity contribution is 6.11. The van der Waals surface area contributed by atoms with E-state index < -0.39 is 40.6 Å². The van der Waals surface area contributed by atoms with Crippen molar-refractivity contribution in [3.63, 3.8) is 0 Å². The Bertz CT molecular complexity index is 1610. The molecule has 1 spiro atoms. The number of likely N-dealkylation sites (tertiary alicyclic amines) is 1. The second kappa shape index (κ2) is 7.55. The number of aromatic nitrogens is 1. The van der Waals surface area contributed by atoms with Gasteiger partial charge >= 0.3 is 12.3 Å². The first kappa shape index (κ1) is 23.9. The highest BCUT2D eigenvalue weighted by Gasteiger charge is 2.69. The quantitative estimate of drug-likeness (QED) is 0.525. The molecule has 1 saturated heterocycles. The van der Waals surface area contributed by atoms with E-state index in [1.807, 2.05) is 0 Å². The number of carbonyl (C=O) groups excluding carboxylic acids is 2. The molecule has 0 radical (unpaired) electrons. The molecule has 1 amide bonds. The van der Waals surface area contributed by atoms with Crippen molar-refractivity contribution in [2.24, 2.45) is 5.92 Å². The molecule has 3 aromatic rings. The summed E-state index contributed by atoms with van der Waals surface area (Å²) in [6.07, 6.45) is -3.25. The number of carboxylic acid groups (broad SMARTS) is 1. The Hall–Kier alpha value is -4.42. The summed E-state index contributed by atoms with van der Waals surface area (Å²) < 4.78 is 62.8. The van der Waals surface area contributed by atoms with Crippen LogP contribution in [0.3, 0.4) is 0 Å². The summed E-state index contributed by atoms with van der Waals surface area (Å²) in [6.45, 7) is 0.0778. The van der Waals surface area contributed by atoms with Gasteiger partial charge in [-0.15, -0.1) is 13.2 Å². The van der Waals surface area contributed by atoms with E-state index in [0.717, 1.165) is 6.08 Å². The number of alkyl halides is 3. The summed E-state index contributed by atoms with van der Waals surface area (Å²) in [5.74, 6) is -2.95. The van der Waals surface area contributed by atoms with E-state index in [2.05, 4.69) is 0 Å². The largest absolute Gasteiger partial charge is 0.493 e. The number of hydrogen-bond acceptors (Lipinski definition) is 7. The number of halogens is 3. The van der Waals surface area contributed by atoms with Gasteiger partial charge in [0.2, 0.25) is 17.3 Å². The summed E-state index contributed by atoms with van der Waals surface area (Å²) >= 11 is 0. The van der Waals surface area contributed by atoms with Crippen molar-refractivity contribution in [1.82, 2.24) is 9.47 Å². The first-order chi connectivity index (χ1) is 18.0. The number of carbonyl (C=O) groups is 3. The number of methoxy groups -OCH3 is 3. The Balaban J connectivity index is 1.45. The maximum Gasteiger partial charge on any atom is 0.489 e. The van der Waals surface area contributed by atoms with Crippen molar-refractivity contribution in [3.05, 3.63) is 52.7 Å². The molecule has 0 bridgehead atoms. The van der Waals surface area contributed by atoms with Gasteiger partial charge in [-0.25, -0.2) is 4.79 Å². The van der Waals surface area contributed by atoms with Crippen LogP contribution in [-0.4, -0.2) is 60.1 Å². The minimum absolute atomic E-state index is 0.0778. The lowest BCUT2D eigenvalue weighted by Gasteiger charge is -2.28. The third kappa shape index (κ3) is 2.92. The highest BCUT2D eigenvalue weighted by Crippen LogP contribution is 2.68. The molecule has 3 aliphatic rings. The Morgan fingerprint density at radius 3 is 2.45 bits per heavy atom. The van der Waals surface area contributed by atoms with E-state index in [0.29, 0.717) is 23.8 Å². The van der Waals surface area contributed by atoms with E-state index in [-0.39, 0.29) is 51.1 Å². The number of amides is 1. The van der Waals surface area contributed by atoms with Gasteiger partial charge in [0, 0.05) is 40.9 Å². The number of allylic oxidation sites excluding steroid dienone is 2. The number of ketones is 1. The molecule has 38 heavy (non-hydrogen) atoms. The first-order valence-corrected chi connectivity index (χ1v) is 11.3. The lowest BCUT2D eigenvalue weighted by atomic mass is 9.83. The fourth-order valence-corrected chi connectivity index (χ4v) is 5.89. The molecule has 6 rings (SSSR count). The Morgan fingerprint density at radius 1 is 1.13 bits per heavy atom. The first-order valence-electron chi connectivity index (χ1n) is 11.3. The molecule has 13 heteroatoms. The average Bonchev–Trinajstić information content (AvgIpc) is 3.20. The lowest BCUT2D eigenvalue weighted by Crippen LogP contribution is -2.35. The van der Waals surface area contributed by atoms with Gasteiger partial charge in [0.15, 0.2) is 17.1 Å². The zero-order chi connectivity index (χ0) is 27.3. The second-order valence-corrected chi connectivity index (χ2v) is 9.27. The van der Waals surface area contributed by atoms with Crippen LogP contribution in [0.1, 0.15) is 43.4 Å². The van der Waals surface area contributed by atoms with Crippen LogP contribution in [0.4, 0.5) is 13.2 Å². The maximum absolute atomic E-state index is 13.7. The van der Waals surface area contributed by atoms with Crippen molar-refractivity contribution >= 4 is 28.6 Å². The topological polar surface area (TPSA) is 120 Å². The van der Waals surface area contributed by atoms with Crippen LogP contribution in [0.15, 0.2) is 34.5 Å². The standard InChI is InChI=1S/C25H19F3N2O8/c1-35-14-4-10-5-15(38-19(10)21(37-3)20(14)36-2)22(32)29-8-11-7-24(11)16(29)6-13(31)18-17(24)12(23(33)34)9-30(18)25(26,27)28/h4-6,9,11H,7-8H2,1-3H3,(H,33,34)/t11-,24+/m1/s1. The predicted octanol–water partition coefficient (Wildman–Crippen LogP) is 3.93. The van der Waals surface area contributed by atoms with Crippen molar-refractivity contribution in [3.8, 4) is 17.2 Å². The number of fused-ring (bicyclic) bond motifs is 2. The van der Waals surface area contributed by atoms with Crippen LogP contribution in [0.5, 0.6) is 17.2 Å². The van der Waals surface area contributed by atoms with Crippen LogP contribution in [0.2, 0.25) is 0 Å². The van der Waals surface area contributed by atoms with Crippen LogP contribution in [0.25, 0.3) is 11.0 Å². The molecule has 1 saturated carbocycles.